The van der Waals surface area contributed by atoms with Gasteiger partial charge in [0.15, 0.2) is 0 Å². The molecule has 0 fully saturated rings. The fraction of sp³-hybridized carbons (Fsp3) is 0.200. The van der Waals surface area contributed by atoms with Gasteiger partial charge in [-0.1, -0.05) is 36.4 Å². The zero-order valence-corrected chi connectivity index (χ0v) is 17.2. The molecule has 0 saturated carbocycles. The summed E-state index contributed by atoms with van der Waals surface area (Å²) < 4.78 is 107. The van der Waals surface area contributed by atoms with Crippen LogP contribution < -0.4 is 0 Å². The lowest BCUT2D eigenvalue weighted by Crippen LogP contribution is -2.30. The van der Waals surface area contributed by atoms with Crippen LogP contribution in [0.2, 0.25) is 0 Å². The predicted octanol–water partition coefficient (Wildman–Crippen LogP) is 6.18. The van der Waals surface area contributed by atoms with E-state index in [0.717, 1.165) is 4.31 Å². The SMILES string of the molecule is O=S(=O)(c1cc(C(F)(F)F)cc(C(F)(F)F)c1)N(Cc1ccccc1)Cc1cccs1. The number of nitrogens with zero attached hydrogens (tertiary/aromatic N) is 1. The third-order valence-electron chi connectivity index (χ3n) is 4.31. The van der Waals surface area contributed by atoms with E-state index >= 15 is 0 Å². The molecule has 1 aromatic heterocycles. The van der Waals surface area contributed by atoms with Crippen molar-refractivity contribution in [2.24, 2.45) is 0 Å². The molecule has 0 radical (unpaired) electrons. The minimum Gasteiger partial charge on any atom is -0.207 e. The molecule has 1 heterocycles. The Kier molecular flexibility index (Phi) is 6.49. The highest BCUT2D eigenvalue weighted by molar-refractivity contribution is 7.89. The van der Waals surface area contributed by atoms with E-state index in [2.05, 4.69) is 0 Å². The van der Waals surface area contributed by atoms with E-state index in [1.165, 1.54) is 11.3 Å². The Bertz CT molecular complexity index is 1090. The summed E-state index contributed by atoms with van der Waals surface area (Å²) in [6, 6.07) is 11.9. The minimum absolute atomic E-state index is 0.0974. The highest BCUT2D eigenvalue weighted by atomic mass is 32.2. The summed E-state index contributed by atoms with van der Waals surface area (Å²) >= 11 is 1.22. The Morgan fingerprint density at radius 1 is 0.774 bits per heavy atom. The second-order valence-corrected chi connectivity index (χ2v) is 9.55. The van der Waals surface area contributed by atoms with Crippen molar-refractivity contribution >= 4 is 21.4 Å². The molecule has 0 aliphatic rings. The van der Waals surface area contributed by atoms with Crippen molar-refractivity contribution in [2.75, 3.05) is 0 Å². The lowest BCUT2D eigenvalue weighted by Gasteiger charge is -2.23. The van der Waals surface area contributed by atoms with Gasteiger partial charge < -0.3 is 0 Å². The van der Waals surface area contributed by atoms with Gasteiger partial charge in [0.2, 0.25) is 10.0 Å². The van der Waals surface area contributed by atoms with Gasteiger partial charge in [0.05, 0.1) is 16.0 Å². The van der Waals surface area contributed by atoms with Crippen LogP contribution in [0.3, 0.4) is 0 Å². The van der Waals surface area contributed by atoms with Crippen molar-refractivity contribution in [3.05, 3.63) is 87.6 Å². The molecule has 0 bridgehead atoms. The van der Waals surface area contributed by atoms with Crippen molar-refractivity contribution in [1.82, 2.24) is 4.31 Å². The highest BCUT2D eigenvalue weighted by Gasteiger charge is 2.39. The molecule has 0 unspecified atom stereocenters. The van der Waals surface area contributed by atoms with Crippen LogP contribution in [-0.2, 0) is 35.5 Å². The van der Waals surface area contributed by atoms with Gasteiger partial charge in [-0.3, -0.25) is 0 Å². The predicted molar refractivity (Wildman–Crippen MR) is 104 cm³/mol. The number of benzene rings is 2. The first kappa shape index (κ1) is 23.3. The monoisotopic (exact) mass is 479 g/mol. The van der Waals surface area contributed by atoms with Crippen LogP contribution in [0.1, 0.15) is 21.6 Å². The standard InChI is InChI=1S/C20H15F6NO2S2/c21-19(22,23)15-9-16(20(24,25)26)11-18(10-15)31(28,29)27(13-17-7-4-8-30-17)12-14-5-2-1-3-6-14/h1-11H,12-13H2. The molecule has 2 aromatic carbocycles. The van der Waals surface area contributed by atoms with Gasteiger partial charge in [-0.05, 0) is 35.2 Å². The van der Waals surface area contributed by atoms with Crippen LogP contribution >= 0.6 is 11.3 Å². The van der Waals surface area contributed by atoms with Crippen LogP contribution in [0.4, 0.5) is 26.3 Å². The summed E-state index contributed by atoms with van der Waals surface area (Å²) in [7, 11) is -4.70. The summed E-state index contributed by atoms with van der Waals surface area (Å²) in [6.45, 7) is -0.425. The van der Waals surface area contributed by atoms with Crippen LogP contribution in [0.15, 0.2) is 70.9 Å². The molecule has 0 saturated heterocycles. The van der Waals surface area contributed by atoms with Gasteiger partial charge in [-0.15, -0.1) is 11.3 Å². The number of hydrogen-bond donors (Lipinski definition) is 0. The molecule has 3 nitrogen and oxygen atoms in total. The quantitative estimate of drug-likeness (QED) is 0.396. The second-order valence-electron chi connectivity index (χ2n) is 6.58. The Morgan fingerprint density at radius 2 is 1.35 bits per heavy atom. The lowest BCUT2D eigenvalue weighted by atomic mass is 10.1. The van der Waals surface area contributed by atoms with Crippen LogP contribution in [0.25, 0.3) is 0 Å². The average molecular weight is 479 g/mol. The number of thiophene rings is 1. The summed E-state index contributed by atoms with van der Waals surface area (Å²) in [6.07, 6.45) is -10.3. The second kappa shape index (κ2) is 8.64. The summed E-state index contributed by atoms with van der Waals surface area (Å²) in [5.41, 5.74) is -2.83. The lowest BCUT2D eigenvalue weighted by molar-refractivity contribution is -0.143. The first-order valence-electron chi connectivity index (χ1n) is 8.73. The average Bonchev–Trinajstić information content (AvgIpc) is 3.20. The highest BCUT2D eigenvalue weighted by Crippen LogP contribution is 2.38. The number of sulfonamides is 1. The Balaban J connectivity index is 2.12. The smallest absolute Gasteiger partial charge is 0.207 e. The van der Waals surface area contributed by atoms with E-state index < -0.39 is 38.4 Å². The third kappa shape index (κ3) is 5.66. The van der Waals surface area contributed by atoms with Gasteiger partial charge in [0, 0.05) is 18.0 Å². The zero-order chi connectivity index (χ0) is 22.9. The van der Waals surface area contributed by atoms with Crippen molar-refractivity contribution in [3.8, 4) is 0 Å². The maximum atomic E-state index is 13.2. The third-order valence-corrected chi connectivity index (χ3v) is 6.94. The van der Waals surface area contributed by atoms with Crippen molar-refractivity contribution < 1.29 is 34.8 Å². The minimum atomic E-state index is -5.15. The van der Waals surface area contributed by atoms with E-state index in [1.54, 1.807) is 47.8 Å². The topological polar surface area (TPSA) is 37.4 Å². The molecule has 0 aliphatic carbocycles. The van der Waals surface area contributed by atoms with E-state index in [4.69, 9.17) is 0 Å². The van der Waals surface area contributed by atoms with Crippen molar-refractivity contribution in [2.45, 2.75) is 30.3 Å². The first-order valence-corrected chi connectivity index (χ1v) is 11.1. The number of alkyl halides is 6. The van der Waals surface area contributed by atoms with Crippen molar-refractivity contribution in [1.29, 1.82) is 0 Å². The molecule has 31 heavy (non-hydrogen) atoms. The van der Waals surface area contributed by atoms with Crippen LogP contribution in [0.5, 0.6) is 0 Å². The molecule has 0 N–H and O–H groups in total. The van der Waals surface area contributed by atoms with Crippen LogP contribution in [0, 0.1) is 0 Å². The Morgan fingerprint density at radius 3 is 1.84 bits per heavy atom. The maximum Gasteiger partial charge on any atom is 0.416 e. The summed E-state index contributed by atoms with van der Waals surface area (Å²) in [5.74, 6) is 0. The molecule has 3 aromatic rings. The van der Waals surface area contributed by atoms with E-state index in [0.29, 0.717) is 10.4 Å². The van der Waals surface area contributed by atoms with E-state index in [9.17, 15) is 34.8 Å². The molecular formula is C20H15F6NO2S2. The molecule has 0 aliphatic heterocycles. The van der Waals surface area contributed by atoms with Gasteiger partial charge >= 0.3 is 12.4 Å². The molecule has 0 amide bonds. The molecule has 11 heteroatoms. The number of hydrogen-bond acceptors (Lipinski definition) is 3. The number of halogens is 6. The molecule has 0 spiro atoms. The molecule has 3 rings (SSSR count). The van der Waals surface area contributed by atoms with Crippen molar-refractivity contribution in [3.63, 3.8) is 0 Å². The largest absolute Gasteiger partial charge is 0.416 e. The van der Waals surface area contributed by atoms with Crippen LogP contribution in [-0.4, -0.2) is 12.7 Å². The van der Waals surface area contributed by atoms with Gasteiger partial charge in [0.25, 0.3) is 0 Å². The maximum absolute atomic E-state index is 13.2. The Labute approximate surface area is 178 Å². The molecule has 0 atom stereocenters. The fourth-order valence-electron chi connectivity index (χ4n) is 2.81. The van der Waals surface area contributed by atoms with E-state index in [1.807, 2.05) is 0 Å². The Hall–Kier alpha value is -2.37. The van der Waals surface area contributed by atoms with Gasteiger partial charge in [-0.25, -0.2) is 8.42 Å². The van der Waals surface area contributed by atoms with Gasteiger partial charge in [0.1, 0.15) is 0 Å². The normalized spacial score (nSPS) is 13.0. The zero-order valence-electron chi connectivity index (χ0n) is 15.6. The number of rotatable bonds is 6. The first-order chi connectivity index (χ1) is 14.4. The summed E-state index contributed by atoms with van der Waals surface area (Å²) in [4.78, 5) is -0.482. The van der Waals surface area contributed by atoms with Gasteiger partial charge in [-0.2, -0.15) is 30.6 Å². The molecule has 166 valence electrons. The molecular weight excluding hydrogens is 464 g/mol. The summed E-state index contributed by atoms with van der Waals surface area (Å²) in [5, 5.41) is 1.69. The fourth-order valence-corrected chi connectivity index (χ4v) is 5.09. The van der Waals surface area contributed by atoms with E-state index in [-0.39, 0.29) is 31.3 Å².